The van der Waals surface area contributed by atoms with Gasteiger partial charge in [-0.15, -0.1) is 11.8 Å². The molecule has 1 fully saturated rings. The fraction of sp³-hybridized carbons (Fsp3) is 0.500. The van der Waals surface area contributed by atoms with Gasteiger partial charge < -0.3 is 10.2 Å². The Labute approximate surface area is 140 Å². The molecule has 1 aromatic carbocycles. The molecule has 0 unspecified atom stereocenters. The van der Waals surface area contributed by atoms with Crippen molar-refractivity contribution in [2.24, 2.45) is 5.92 Å². The summed E-state index contributed by atoms with van der Waals surface area (Å²) in [5.74, 6) is 1.25. The summed E-state index contributed by atoms with van der Waals surface area (Å²) >= 11 is 7.66. The molecule has 0 spiro atoms. The van der Waals surface area contributed by atoms with Gasteiger partial charge in [0.25, 0.3) is 0 Å². The molecule has 1 aliphatic heterocycles. The lowest BCUT2D eigenvalue weighted by Crippen LogP contribution is -2.35. The highest BCUT2D eigenvalue weighted by Gasteiger charge is 2.30. The Kier molecular flexibility index (Phi) is 6.58. The molecule has 1 aliphatic rings. The molecule has 6 heteroatoms. The Morgan fingerprint density at radius 2 is 2.18 bits per heavy atom. The van der Waals surface area contributed by atoms with Crippen LogP contribution in [0.1, 0.15) is 18.9 Å². The van der Waals surface area contributed by atoms with Crippen molar-refractivity contribution in [1.29, 1.82) is 0 Å². The van der Waals surface area contributed by atoms with Gasteiger partial charge in [0.1, 0.15) is 0 Å². The number of likely N-dealkylation sites (tertiary alicyclic amines) is 1. The summed E-state index contributed by atoms with van der Waals surface area (Å²) in [4.78, 5) is 25.8. The van der Waals surface area contributed by atoms with E-state index in [1.165, 1.54) is 0 Å². The van der Waals surface area contributed by atoms with E-state index in [-0.39, 0.29) is 17.7 Å². The second-order valence-corrected chi connectivity index (χ2v) is 6.70. The number of amides is 2. The fourth-order valence-electron chi connectivity index (χ4n) is 2.47. The summed E-state index contributed by atoms with van der Waals surface area (Å²) in [6, 6.07) is 7.67. The van der Waals surface area contributed by atoms with Crippen molar-refractivity contribution in [2.75, 3.05) is 25.4 Å². The molecule has 1 aromatic rings. The summed E-state index contributed by atoms with van der Waals surface area (Å²) in [5, 5.41) is 3.56. The Bertz CT molecular complexity index is 539. The SMILES string of the molecule is CCNC(=O)[C@H]1CCN(C(=O)CSCc2ccccc2Cl)C1. The second kappa shape index (κ2) is 8.44. The molecule has 22 heavy (non-hydrogen) atoms. The maximum Gasteiger partial charge on any atom is 0.232 e. The molecule has 2 amide bonds. The van der Waals surface area contributed by atoms with Crippen LogP contribution in [0.2, 0.25) is 5.02 Å². The van der Waals surface area contributed by atoms with Gasteiger partial charge in [-0.2, -0.15) is 0 Å². The number of nitrogens with zero attached hydrogens (tertiary/aromatic N) is 1. The predicted molar refractivity (Wildman–Crippen MR) is 91.0 cm³/mol. The van der Waals surface area contributed by atoms with Crippen LogP contribution in [0.4, 0.5) is 0 Å². The van der Waals surface area contributed by atoms with E-state index in [1.807, 2.05) is 31.2 Å². The van der Waals surface area contributed by atoms with Crippen molar-refractivity contribution < 1.29 is 9.59 Å². The van der Waals surface area contributed by atoms with Gasteiger partial charge in [0, 0.05) is 30.4 Å². The average Bonchev–Trinajstić information content (AvgIpc) is 2.99. The van der Waals surface area contributed by atoms with Gasteiger partial charge in [-0.1, -0.05) is 29.8 Å². The minimum atomic E-state index is -0.0579. The van der Waals surface area contributed by atoms with Crippen LogP contribution in [-0.2, 0) is 15.3 Å². The van der Waals surface area contributed by atoms with Crippen LogP contribution in [0.25, 0.3) is 0 Å². The Morgan fingerprint density at radius 1 is 1.41 bits per heavy atom. The maximum atomic E-state index is 12.2. The smallest absolute Gasteiger partial charge is 0.232 e. The van der Waals surface area contributed by atoms with Crippen molar-refractivity contribution in [3.05, 3.63) is 34.9 Å². The predicted octanol–water partition coefficient (Wildman–Crippen LogP) is 2.56. The quantitative estimate of drug-likeness (QED) is 0.865. The highest BCUT2D eigenvalue weighted by molar-refractivity contribution is 7.99. The molecule has 1 saturated heterocycles. The summed E-state index contributed by atoms with van der Waals surface area (Å²) < 4.78 is 0. The van der Waals surface area contributed by atoms with Crippen LogP contribution in [-0.4, -0.2) is 42.1 Å². The second-order valence-electron chi connectivity index (χ2n) is 5.30. The van der Waals surface area contributed by atoms with Crippen molar-refractivity contribution in [1.82, 2.24) is 10.2 Å². The molecule has 0 aromatic heterocycles. The highest BCUT2D eigenvalue weighted by Crippen LogP contribution is 2.22. The monoisotopic (exact) mass is 340 g/mol. The number of hydrogen-bond donors (Lipinski definition) is 1. The molecular formula is C16H21ClN2O2S. The van der Waals surface area contributed by atoms with E-state index in [9.17, 15) is 9.59 Å². The number of nitrogens with one attached hydrogen (secondary N) is 1. The number of hydrogen-bond acceptors (Lipinski definition) is 3. The highest BCUT2D eigenvalue weighted by atomic mass is 35.5. The number of benzene rings is 1. The Morgan fingerprint density at radius 3 is 2.91 bits per heavy atom. The van der Waals surface area contributed by atoms with Crippen LogP contribution in [0, 0.1) is 5.92 Å². The van der Waals surface area contributed by atoms with Crippen LogP contribution in [0.15, 0.2) is 24.3 Å². The van der Waals surface area contributed by atoms with Gasteiger partial charge in [0.05, 0.1) is 11.7 Å². The van der Waals surface area contributed by atoms with E-state index in [0.717, 1.165) is 22.8 Å². The van der Waals surface area contributed by atoms with Crippen LogP contribution < -0.4 is 5.32 Å². The number of thioether (sulfide) groups is 1. The summed E-state index contributed by atoms with van der Waals surface area (Å²) in [6.45, 7) is 3.75. The largest absolute Gasteiger partial charge is 0.356 e. The number of halogens is 1. The molecule has 1 N–H and O–H groups in total. The molecule has 1 atom stereocenters. The van der Waals surface area contributed by atoms with Gasteiger partial charge >= 0.3 is 0 Å². The first-order valence-electron chi connectivity index (χ1n) is 7.48. The van der Waals surface area contributed by atoms with Crippen LogP contribution in [0.5, 0.6) is 0 Å². The van der Waals surface area contributed by atoms with Gasteiger partial charge in [-0.05, 0) is 25.0 Å². The van der Waals surface area contributed by atoms with Crippen molar-refractivity contribution in [3.8, 4) is 0 Å². The van der Waals surface area contributed by atoms with E-state index >= 15 is 0 Å². The lowest BCUT2D eigenvalue weighted by molar-refractivity contribution is -0.128. The number of rotatable bonds is 6. The van der Waals surface area contributed by atoms with E-state index in [1.54, 1.807) is 16.7 Å². The van der Waals surface area contributed by atoms with Crippen molar-refractivity contribution in [2.45, 2.75) is 19.1 Å². The molecular weight excluding hydrogens is 320 g/mol. The average molecular weight is 341 g/mol. The normalized spacial score (nSPS) is 17.5. The third-order valence-electron chi connectivity index (χ3n) is 3.70. The first-order chi connectivity index (χ1) is 10.6. The van der Waals surface area contributed by atoms with Crippen LogP contribution in [0.3, 0.4) is 0 Å². The zero-order valence-electron chi connectivity index (χ0n) is 12.7. The van der Waals surface area contributed by atoms with E-state index < -0.39 is 0 Å². The molecule has 2 rings (SSSR count). The van der Waals surface area contributed by atoms with Gasteiger partial charge in [0.15, 0.2) is 0 Å². The lowest BCUT2D eigenvalue weighted by Gasteiger charge is -2.16. The summed E-state index contributed by atoms with van der Waals surface area (Å²) in [6.07, 6.45) is 0.757. The molecule has 0 bridgehead atoms. The van der Waals surface area contributed by atoms with E-state index in [4.69, 9.17) is 11.6 Å². The minimum absolute atomic E-state index is 0.0570. The van der Waals surface area contributed by atoms with Gasteiger partial charge in [-0.25, -0.2) is 0 Å². The Hall–Kier alpha value is -1.20. The van der Waals surface area contributed by atoms with Crippen LogP contribution >= 0.6 is 23.4 Å². The van der Waals surface area contributed by atoms with Gasteiger partial charge in [-0.3, -0.25) is 9.59 Å². The van der Waals surface area contributed by atoms with Crippen molar-refractivity contribution in [3.63, 3.8) is 0 Å². The van der Waals surface area contributed by atoms with E-state index in [2.05, 4.69) is 5.32 Å². The summed E-state index contributed by atoms with van der Waals surface area (Å²) in [7, 11) is 0. The first-order valence-corrected chi connectivity index (χ1v) is 9.01. The van der Waals surface area contributed by atoms with Crippen molar-refractivity contribution >= 4 is 35.2 Å². The number of carbonyl (C=O) groups is 2. The zero-order valence-corrected chi connectivity index (χ0v) is 14.3. The van der Waals surface area contributed by atoms with Gasteiger partial charge in [0.2, 0.25) is 11.8 Å². The maximum absolute atomic E-state index is 12.2. The molecule has 0 saturated carbocycles. The Balaban J connectivity index is 1.74. The summed E-state index contributed by atoms with van der Waals surface area (Å²) in [5.41, 5.74) is 1.04. The molecule has 4 nitrogen and oxygen atoms in total. The molecule has 1 heterocycles. The van der Waals surface area contributed by atoms with E-state index in [0.29, 0.717) is 25.4 Å². The standard InChI is InChI=1S/C16H21ClN2O2S/c1-2-18-16(21)12-7-8-19(9-12)15(20)11-22-10-13-5-3-4-6-14(13)17/h3-6,12H,2,7-11H2,1H3,(H,18,21)/t12-/m0/s1. The first kappa shape index (κ1) is 17.2. The minimum Gasteiger partial charge on any atom is -0.356 e. The molecule has 0 aliphatic carbocycles. The molecule has 120 valence electrons. The zero-order chi connectivity index (χ0) is 15.9. The number of carbonyl (C=O) groups excluding carboxylic acids is 2. The fourth-order valence-corrected chi connectivity index (χ4v) is 3.69. The topological polar surface area (TPSA) is 49.4 Å². The lowest BCUT2D eigenvalue weighted by atomic mass is 10.1. The molecule has 0 radical (unpaired) electrons. The third-order valence-corrected chi connectivity index (χ3v) is 5.04. The third kappa shape index (κ3) is 4.65.